The third-order valence-electron chi connectivity index (χ3n) is 4.75. The molecule has 0 amide bonds. The highest BCUT2D eigenvalue weighted by molar-refractivity contribution is 5.46. The number of ether oxygens (including phenoxy) is 2. The minimum absolute atomic E-state index is 0.301. The first-order valence-electron chi connectivity index (χ1n) is 8.99. The van der Waals surface area contributed by atoms with Gasteiger partial charge >= 0.3 is 0 Å². The van der Waals surface area contributed by atoms with Crippen molar-refractivity contribution in [2.75, 3.05) is 12.4 Å². The maximum atomic E-state index is 6.25. The molecule has 0 saturated heterocycles. The van der Waals surface area contributed by atoms with Crippen LogP contribution in [0.3, 0.4) is 0 Å². The Labute approximate surface area is 152 Å². The molecule has 3 aromatic rings. The van der Waals surface area contributed by atoms with E-state index in [0.29, 0.717) is 12.6 Å². The molecule has 0 bridgehead atoms. The first kappa shape index (κ1) is 16.6. The predicted octanol–water partition coefficient (Wildman–Crippen LogP) is 3.37. The van der Waals surface area contributed by atoms with E-state index in [-0.39, 0.29) is 0 Å². The topological polar surface area (TPSA) is 73.6 Å². The first-order valence-corrected chi connectivity index (χ1v) is 8.99. The molecule has 26 heavy (non-hydrogen) atoms. The summed E-state index contributed by atoms with van der Waals surface area (Å²) in [4.78, 5) is 0. The van der Waals surface area contributed by atoms with Crippen LogP contribution in [0.4, 0.5) is 5.82 Å². The summed E-state index contributed by atoms with van der Waals surface area (Å²) in [7, 11) is 1.67. The van der Waals surface area contributed by atoms with Crippen molar-refractivity contribution in [2.45, 2.75) is 45.3 Å². The van der Waals surface area contributed by atoms with Crippen LogP contribution in [0, 0.1) is 6.92 Å². The number of rotatable bonds is 6. The van der Waals surface area contributed by atoms with Gasteiger partial charge in [0, 0.05) is 18.2 Å². The Morgan fingerprint density at radius 3 is 2.81 bits per heavy atom. The zero-order chi connectivity index (χ0) is 17.9. The van der Waals surface area contributed by atoms with Gasteiger partial charge in [-0.2, -0.15) is 4.52 Å². The van der Waals surface area contributed by atoms with E-state index in [1.54, 1.807) is 11.6 Å². The number of benzene rings is 1. The Morgan fingerprint density at radius 2 is 2.00 bits per heavy atom. The van der Waals surface area contributed by atoms with Crippen molar-refractivity contribution < 1.29 is 9.47 Å². The highest BCUT2D eigenvalue weighted by atomic mass is 16.5. The van der Waals surface area contributed by atoms with Crippen LogP contribution in [0.25, 0.3) is 5.65 Å². The highest BCUT2D eigenvalue weighted by Crippen LogP contribution is 2.30. The van der Waals surface area contributed by atoms with Gasteiger partial charge in [0.05, 0.1) is 13.2 Å². The van der Waals surface area contributed by atoms with Crippen molar-refractivity contribution in [2.24, 2.45) is 0 Å². The van der Waals surface area contributed by atoms with E-state index in [1.165, 1.54) is 12.8 Å². The SMILES string of the molecule is COc1ccc(CNc2ccc3nnc(C)n3n2)c(OC2CCCC2)c1. The first-order chi connectivity index (χ1) is 12.7. The largest absolute Gasteiger partial charge is 0.497 e. The summed E-state index contributed by atoms with van der Waals surface area (Å²) >= 11 is 0. The third-order valence-corrected chi connectivity index (χ3v) is 4.75. The number of anilines is 1. The van der Waals surface area contributed by atoms with Crippen LogP contribution >= 0.6 is 0 Å². The highest BCUT2D eigenvalue weighted by Gasteiger charge is 2.18. The van der Waals surface area contributed by atoms with Gasteiger partial charge in [0.1, 0.15) is 17.3 Å². The van der Waals surface area contributed by atoms with Gasteiger partial charge in [0.15, 0.2) is 11.5 Å². The number of aryl methyl sites for hydroxylation is 1. The lowest BCUT2D eigenvalue weighted by Crippen LogP contribution is -2.13. The van der Waals surface area contributed by atoms with Crippen LogP contribution in [0.5, 0.6) is 11.5 Å². The Bertz CT molecular complexity index is 902. The van der Waals surface area contributed by atoms with Crippen molar-refractivity contribution in [1.29, 1.82) is 0 Å². The third kappa shape index (κ3) is 3.42. The second kappa shape index (κ2) is 7.19. The maximum absolute atomic E-state index is 6.25. The van der Waals surface area contributed by atoms with Gasteiger partial charge in [0.25, 0.3) is 0 Å². The zero-order valence-corrected chi connectivity index (χ0v) is 15.1. The van der Waals surface area contributed by atoms with Crippen LogP contribution in [0.15, 0.2) is 30.3 Å². The average Bonchev–Trinajstić information content (AvgIpc) is 3.30. The van der Waals surface area contributed by atoms with Crippen LogP contribution < -0.4 is 14.8 Å². The fourth-order valence-corrected chi connectivity index (χ4v) is 3.28. The molecule has 4 rings (SSSR count). The smallest absolute Gasteiger partial charge is 0.178 e. The Hall–Kier alpha value is -2.83. The van der Waals surface area contributed by atoms with Crippen molar-refractivity contribution >= 4 is 11.5 Å². The summed E-state index contributed by atoms with van der Waals surface area (Å²) in [5.41, 5.74) is 1.82. The standard InChI is InChI=1S/C19H23N5O2/c1-13-21-22-19-10-9-18(23-24(13)19)20-12-14-7-8-16(25-2)11-17(14)26-15-5-3-4-6-15/h7-11,15H,3-6,12H2,1-2H3,(H,20,23). The van der Waals surface area contributed by atoms with E-state index in [9.17, 15) is 0 Å². The number of nitrogens with zero attached hydrogens (tertiary/aromatic N) is 4. The number of hydrogen-bond acceptors (Lipinski definition) is 6. The number of nitrogens with one attached hydrogen (secondary N) is 1. The maximum Gasteiger partial charge on any atom is 0.178 e. The fraction of sp³-hybridized carbons (Fsp3) is 0.421. The monoisotopic (exact) mass is 353 g/mol. The Balaban J connectivity index is 1.53. The van der Waals surface area contributed by atoms with E-state index < -0.39 is 0 Å². The van der Waals surface area contributed by atoms with Crippen LogP contribution in [-0.4, -0.2) is 33.0 Å². The van der Waals surface area contributed by atoms with E-state index >= 15 is 0 Å². The molecule has 7 nitrogen and oxygen atoms in total. The summed E-state index contributed by atoms with van der Waals surface area (Å²) in [6.07, 6.45) is 5.02. The normalized spacial score (nSPS) is 14.7. The molecule has 1 aliphatic carbocycles. The molecule has 7 heteroatoms. The number of hydrogen-bond donors (Lipinski definition) is 1. The Morgan fingerprint density at radius 1 is 1.15 bits per heavy atom. The molecule has 1 fully saturated rings. The van der Waals surface area contributed by atoms with Gasteiger partial charge < -0.3 is 14.8 Å². The molecule has 1 aliphatic rings. The van der Waals surface area contributed by atoms with Gasteiger partial charge in [-0.05, 0) is 56.9 Å². The fourth-order valence-electron chi connectivity index (χ4n) is 3.28. The number of methoxy groups -OCH3 is 1. The minimum atomic E-state index is 0.301. The summed E-state index contributed by atoms with van der Waals surface area (Å²) in [6.45, 7) is 2.50. The predicted molar refractivity (Wildman–Crippen MR) is 98.7 cm³/mol. The molecule has 0 radical (unpaired) electrons. The van der Waals surface area contributed by atoms with Crippen LogP contribution in [-0.2, 0) is 6.54 Å². The molecule has 0 atom stereocenters. The number of fused-ring (bicyclic) bond motifs is 1. The van der Waals surface area contributed by atoms with Crippen molar-refractivity contribution in [3.05, 3.63) is 41.7 Å². The number of aromatic nitrogens is 4. The second-order valence-corrected chi connectivity index (χ2v) is 6.59. The van der Waals surface area contributed by atoms with Gasteiger partial charge in [-0.3, -0.25) is 0 Å². The van der Waals surface area contributed by atoms with Gasteiger partial charge in [-0.1, -0.05) is 0 Å². The Kier molecular flexibility index (Phi) is 4.60. The van der Waals surface area contributed by atoms with Gasteiger partial charge in [-0.25, -0.2) is 0 Å². The van der Waals surface area contributed by atoms with Crippen molar-refractivity contribution in [3.8, 4) is 11.5 Å². The lowest BCUT2D eigenvalue weighted by Gasteiger charge is -2.18. The van der Waals surface area contributed by atoms with Crippen molar-refractivity contribution in [3.63, 3.8) is 0 Å². The second-order valence-electron chi connectivity index (χ2n) is 6.59. The zero-order valence-electron chi connectivity index (χ0n) is 15.1. The lowest BCUT2D eigenvalue weighted by atomic mass is 10.1. The van der Waals surface area contributed by atoms with E-state index in [1.807, 2.05) is 37.3 Å². The molecule has 1 aromatic carbocycles. The molecule has 1 saturated carbocycles. The van der Waals surface area contributed by atoms with E-state index in [4.69, 9.17) is 9.47 Å². The molecule has 0 spiro atoms. The van der Waals surface area contributed by atoms with E-state index in [2.05, 4.69) is 20.6 Å². The molecule has 0 aliphatic heterocycles. The summed E-state index contributed by atoms with van der Waals surface area (Å²) in [6, 6.07) is 9.78. The minimum Gasteiger partial charge on any atom is -0.497 e. The molecule has 136 valence electrons. The average molecular weight is 353 g/mol. The molecule has 2 aromatic heterocycles. The van der Waals surface area contributed by atoms with Gasteiger partial charge in [0.2, 0.25) is 0 Å². The van der Waals surface area contributed by atoms with Gasteiger partial charge in [-0.15, -0.1) is 15.3 Å². The summed E-state index contributed by atoms with van der Waals surface area (Å²) in [5.74, 6) is 3.22. The molecular weight excluding hydrogens is 330 g/mol. The molecule has 1 N–H and O–H groups in total. The van der Waals surface area contributed by atoms with Crippen LogP contribution in [0.2, 0.25) is 0 Å². The van der Waals surface area contributed by atoms with Crippen LogP contribution in [0.1, 0.15) is 37.1 Å². The lowest BCUT2D eigenvalue weighted by molar-refractivity contribution is 0.207. The molecule has 0 unspecified atom stereocenters. The van der Waals surface area contributed by atoms with Crippen molar-refractivity contribution in [1.82, 2.24) is 19.8 Å². The quantitative estimate of drug-likeness (QED) is 0.732. The summed E-state index contributed by atoms with van der Waals surface area (Å²) in [5, 5.41) is 16.0. The molecule has 2 heterocycles. The van der Waals surface area contributed by atoms with E-state index in [0.717, 1.165) is 47.2 Å². The molecular formula is C19H23N5O2. The summed E-state index contributed by atoms with van der Waals surface area (Å²) < 4.78 is 13.3.